The number of carbonyl (C=O) groups excluding carboxylic acids is 1. The first-order valence-electron chi connectivity index (χ1n) is 12.7. The average molecular weight is 584 g/mol. The number of ether oxygens (including phenoxy) is 1. The minimum atomic E-state index is -4.48. The number of rotatable bonds is 5. The molecule has 3 heterocycles. The number of fused-ring (bicyclic) bond motifs is 1. The van der Waals surface area contributed by atoms with Crippen molar-refractivity contribution in [3.05, 3.63) is 119 Å². The highest BCUT2D eigenvalue weighted by molar-refractivity contribution is 7.07. The minimum Gasteiger partial charge on any atom is -0.463 e. The molecule has 1 aliphatic heterocycles. The number of benzene rings is 2. The Bertz CT molecular complexity index is 1880. The van der Waals surface area contributed by atoms with Crippen LogP contribution in [0.3, 0.4) is 0 Å². The Kier molecular flexibility index (Phi) is 7.33. The van der Waals surface area contributed by atoms with Gasteiger partial charge in [-0.3, -0.25) is 9.36 Å². The zero-order chi connectivity index (χ0) is 29.6. The Morgan fingerprint density at radius 3 is 2.46 bits per heavy atom. The van der Waals surface area contributed by atoms with Gasteiger partial charge in [-0.15, -0.1) is 0 Å². The molecule has 6 nitrogen and oxygen atoms in total. The van der Waals surface area contributed by atoms with Crippen LogP contribution >= 0.6 is 11.3 Å². The molecule has 0 fully saturated rings. The first-order valence-corrected chi connectivity index (χ1v) is 13.5. The second-order valence-electron chi connectivity index (χ2n) is 9.56. The van der Waals surface area contributed by atoms with Crippen LogP contribution in [0.2, 0.25) is 0 Å². The van der Waals surface area contributed by atoms with Crippen molar-refractivity contribution >= 4 is 23.4 Å². The lowest BCUT2D eigenvalue weighted by atomic mass is 9.96. The van der Waals surface area contributed by atoms with Crippen LogP contribution in [0.25, 0.3) is 11.8 Å². The number of carbonyl (C=O) groups is 1. The largest absolute Gasteiger partial charge is 0.463 e. The van der Waals surface area contributed by atoms with Crippen LogP contribution in [0.5, 0.6) is 0 Å². The summed E-state index contributed by atoms with van der Waals surface area (Å²) < 4.78 is 62.5. The molecule has 1 aliphatic rings. The summed E-state index contributed by atoms with van der Waals surface area (Å²) in [7, 11) is 0. The van der Waals surface area contributed by atoms with Gasteiger partial charge in [-0.1, -0.05) is 29.5 Å². The van der Waals surface area contributed by atoms with E-state index in [2.05, 4.69) is 4.99 Å². The lowest BCUT2D eigenvalue weighted by Crippen LogP contribution is -2.39. The molecule has 41 heavy (non-hydrogen) atoms. The Hall–Kier alpha value is -4.25. The minimum absolute atomic E-state index is 0.123. The predicted molar refractivity (Wildman–Crippen MR) is 147 cm³/mol. The number of thiazole rings is 1. The third-order valence-corrected chi connectivity index (χ3v) is 7.87. The van der Waals surface area contributed by atoms with Gasteiger partial charge in [-0.05, 0) is 81.3 Å². The van der Waals surface area contributed by atoms with E-state index in [4.69, 9.17) is 4.74 Å². The van der Waals surface area contributed by atoms with Crippen molar-refractivity contribution in [1.29, 1.82) is 0 Å². The SMILES string of the molecule is CCOC(=O)C1=C(C)N=c2s/c(=C\c3cc(C)n(-c4cccc(C(F)(F)F)c4)c3C)c(=O)n2[C@H]1c1ccc(F)cc1. The van der Waals surface area contributed by atoms with Gasteiger partial charge in [0.05, 0.1) is 34.0 Å². The molecule has 0 bridgehead atoms. The van der Waals surface area contributed by atoms with Gasteiger partial charge in [0.1, 0.15) is 5.82 Å². The van der Waals surface area contributed by atoms with E-state index in [-0.39, 0.29) is 12.2 Å². The molecule has 0 radical (unpaired) electrons. The van der Waals surface area contributed by atoms with E-state index in [1.54, 1.807) is 50.5 Å². The smallest absolute Gasteiger partial charge is 0.416 e. The van der Waals surface area contributed by atoms with E-state index in [0.29, 0.717) is 43.2 Å². The Balaban J connectivity index is 1.67. The lowest BCUT2D eigenvalue weighted by Gasteiger charge is -2.24. The van der Waals surface area contributed by atoms with Crippen LogP contribution in [0.4, 0.5) is 17.6 Å². The Morgan fingerprint density at radius 2 is 1.80 bits per heavy atom. The summed E-state index contributed by atoms with van der Waals surface area (Å²) in [5.41, 5.74) is 2.23. The molecule has 2 aromatic heterocycles. The number of nitrogens with zero attached hydrogens (tertiary/aromatic N) is 3. The maximum Gasteiger partial charge on any atom is 0.416 e. The molecule has 11 heteroatoms. The molecule has 2 aromatic carbocycles. The average Bonchev–Trinajstić information content (AvgIpc) is 3.37. The molecule has 5 rings (SSSR count). The van der Waals surface area contributed by atoms with Gasteiger partial charge >= 0.3 is 12.1 Å². The second kappa shape index (κ2) is 10.6. The number of allylic oxidation sites excluding steroid dienone is 1. The van der Waals surface area contributed by atoms with Crippen molar-refractivity contribution in [2.75, 3.05) is 6.61 Å². The fourth-order valence-electron chi connectivity index (χ4n) is 5.05. The van der Waals surface area contributed by atoms with Crippen LogP contribution in [0.1, 0.15) is 48.0 Å². The van der Waals surface area contributed by atoms with Crippen molar-refractivity contribution in [3.63, 3.8) is 0 Å². The van der Waals surface area contributed by atoms with Gasteiger partial charge in [0, 0.05) is 17.1 Å². The molecular formula is C30H25F4N3O3S. The molecule has 4 aromatic rings. The van der Waals surface area contributed by atoms with Gasteiger partial charge in [0.25, 0.3) is 5.56 Å². The highest BCUT2D eigenvalue weighted by Crippen LogP contribution is 2.32. The summed E-state index contributed by atoms with van der Waals surface area (Å²) in [4.78, 5) is 31.7. The van der Waals surface area contributed by atoms with Crippen LogP contribution in [-0.4, -0.2) is 21.7 Å². The third-order valence-electron chi connectivity index (χ3n) is 6.89. The highest BCUT2D eigenvalue weighted by atomic mass is 32.1. The first kappa shape index (κ1) is 28.3. The summed E-state index contributed by atoms with van der Waals surface area (Å²) in [6.07, 6.45) is -2.81. The quantitative estimate of drug-likeness (QED) is 0.235. The van der Waals surface area contributed by atoms with Gasteiger partial charge in [0.2, 0.25) is 0 Å². The number of hydrogen-bond donors (Lipinski definition) is 0. The monoisotopic (exact) mass is 583 g/mol. The van der Waals surface area contributed by atoms with Crippen molar-refractivity contribution < 1.29 is 27.1 Å². The fraction of sp³-hybridized carbons (Fsp3) is 0.233. The summed E-state index contributed by atoms with van der Waals surface area (Å²) in [5, 5.41) is 0. The number of esters is 1. The van der Waals surface area contributed by atoms with Crippen molar-refractivity contribution in [3.8, 4) is 5.69 Å². The maximum absolute atomic E-state index is 13.8. The highest BCUT2D eigenvalue weighted by Gasteiger charge is 2.33. The number of alkyl halides is 3. The third kappa shape index (κ3) is 5.17. The normalized spacial score (nSPS) is 15.6. The van der Waals surface area contributed by atoms with Gasteiger partial charge in [0.15, 0.2) is 4.80 Å². The second-order valence-corrected chi connectivity index (χ2v) is 10.6. The van der Waals surface area contributed by atoms with E-state index in [1.165, 1.54) is 34.9 Å². The topological polar surface area (TPSA) is 65.6 Å². The molecule has 0 saturated carbocycles. The summed E-state index contributed by atoms with van der Waals surface area (Å²) in [6.45, 7) is 6.99. The van der Waals surface area contributed by atoms with Crippen LogP contribution < -0.4 is 14.9 Å². The molecule has 0 unspecified atom stereocenters. The number of aromatic nitrogens is 2. The van der Waals surface area contributed by atoms with Crippen LogP contribution in [0.15, 0.2) is 75.7 Å². The zero-order valence-corrected chi connectivity index (χ0v) is 23.4. The van der Waals surface area contributed by atoms with E-state index in [1.807, 2.05) is 0 Å². The standard InChI is InChI=1S/C30H25F4N3O3S/c1-5-40-28(39)25-17(3)35-29-37(26(25)19-9-11-22(31)12-10-19)27(38)24(41-29)14-20-13-16(2)36(18(20)4)23-8-6-7-21(15-23)30(32,33)34/h6-15,26H,5H2,1-4H3/b24-14-/t26-/m0/s1. The van der Waals surface area contributed by atoms with Crippen molar-refractivity contribution in [2.45, 2.75) is 39.9 Å². The summed E-state index contributed by atoms with van der Waals surface area (Å²) in [5.74, 6) is -1.09. The summed E-state index contributed by atoms with van der Waals surface area (Å²) in [6, 6.07) is 11.5. The van der Waals surface area contributed by atoms with Crippen molar-refractivity contribution in [1.82, 2.24) is 9.13 Å². The number of hydrogen-bond acceptors (Lipinski definition) is 5. The molecule has 0 saturated heterocycles. The van der Waals surface area contributed by atoms with Gasteiger partial charge < -0.3 is 9.30 Å². The zero-order valence-electron chi connectivity index (χ0n) is 22.5. The van der Waals surface area contributed by atoms with Gasteiger partial charge in [-0.2, -0.15) is 13.2 Å². The summed E-state index contributed by atoms with van der Waals surface area (Å²) >= 11 is 1.12. The van der Waals surface area contributed by atoms with E-state index in [0.717, 1.165) is 23.5 Å². The number of aryl methyl sites for hydroxylation is 1. The van der Waals surface area contributed by atoms with Crippen LogP contribution in [0, 0.1) is 19.7 Å². The lowest BCUT2D eigenvalue weighted by molar-refractivity contribution is -0.139. The first-order chi connectivity index (χ1) is 19.4. The molecule has 212 valence electrons. The van der Waals surface area contributed by atoms with Crippen LogP contribution in [-0.2, 0) is 15.7 Å². The Labute approximate surface area is 236 Å². The van der Waals surface area contributed by atoms with E-state index < -0.39 is 35.1 Å². The molecule has 0 spiro atoms. The van der Waals surface area contributed by atoms with Crippen molar-refractivity contribution in [2.24, 2.45) is 4.99 Å². The van der Waals surface area contributed by atoms with E-state index in [9.17, 15) is 27.2 Å². The van der Waals surface area contributed by atoms with E-state index >= 15 is 0 Å². The number of halogens is 4. The Morgan fingerprint density at radius 1 is 1.10 bits per heavy atom. The molecule has 0 aliphatic carbocycles. The maximum atomic E-state index is 13.8. The molecule has 0 amide bonds. The molecular weight excluding hydrogens is 558 g/mol. The molecule has 1 atom stereocenters. The molecule has 0 N–H and O–H groups in total. The van der Waals surface area contributed by atoms with Gasteiger partial charge in [-0.25, -0.2) is 14.2 Å². The predicted octanol–water partition coefficient (Wildman–Crippen LogP) is 5.36. The fourth-order valence-corrected chi connectivity index (χ4v) is 6.08.